The quantitative estimate of drug-likeness (QED) is 0.222. The van der Waals surface area contributed by atoms with Gasteiger partial charge in [-0.15, -0.1) is 0 Å². The molecule has 2 heterocycles. The Balaban J connectivity index is 1.71. The third-order valence-electron chi connectivity index (χ3n) is 6.29. The second-order valence-corrected chi connectivity index (χ2v) is 12.7. The third kappa shape index (κ3) is 7.29. The summed E-state index contributed by atoms with van der Waals surface area (Å²) < 4.78 is 70.7. The molecule has 15 heteroatoms. The van der Waals surface area contributed by atoms with Crippen molar-refractivity contribution in [3.63, 3.8) is 0 Å². The van der Waals surface area contributed by atoms with Gasteiger partial charge in [-0.3, -0.25) is 20.0 Å². The first-order chi connectivity index (χ1) is 20.0. The van der Waals surface area contributed by atoms with Crippen LogP contribution in [-0.4, -0.2) is 48.7 Å². The number of alkyl carbamates (subject to hydrolysis) is 1. The first-order valence-corrected chi connectivity index (χ1v) is 14.4. The Morgan fingerprint density at radius 1 is 1.07 bits per heavy atom. The van der Waals surface area contributed by atoms with Crippen molar-refractivity contribution < 1.29 is 40.7 Å². The molecule has 3 aromatic rings. The van der Waals surface area contributed by atoms with Crippen molar-refractivity contribution in [1.29, 1.82) is 0 Å². The molecule has 0 unspecified atom stereocenters. The van der Waals surface area contributed by atoms with E-state index in [1.807, 2.05) is 5.43 Å². The number of fused-ring (bicyclic) bond motifs is 1. The van der Waals surface area contributed by atoms with Crippen molar-refractivity contribution in [3.8, 4) is 11.3 Å². The highest BCUT2D eigenvalue weighted by Gasteiger charge is 2.40. The minimum Gasteiger partial charge on any atom is -0.444 e. The normalized spacial score (nSPS) is 16.6. The van der Waals surface area contributed by atoms with Crippen LogP contribution in [0.2, 0.25) is 0 Å². The molecule has 0 saturated carbocycles. The van der Waals surface area contributed by atoms with Crippen LogP contribution in [0.15, 0.2) is 65.7 Å². The predicted octanol–water partition coefficient (Wildman–Crippen LogP) is 3.58. The number of pyridine rings is 1. The highest BCUT2D eigenvalue weighted by Crippen LogP contribution is 2.34. The van der Waals surface area contributed by atoms with Crippen LogP contribution in [0.25, 0.3) is 11.3 Å². The maximum Gasteiger partial charge on any atom is 0.416 e. The van der Waals surface area contributed by atoms with Gasteiger partial charge in [0.1, 0.15) is 11.6 Å². The Labute approximate surface area is 245 Å². The summed E-state index contributed by atoms with van der Waals surface area (Å²) in [6, 6.07) is 9.61. The molecule has 0 radical (unpaired) electrons. The zero-order chi connectivity index (χ0) is 31.7. The molecule has 0 saturated heterocycles. The van der Waals surface area contributed by atoms with E-state index >= 15 is 0 Å². The van der Waals surface area contributed by atoms with Gasteiger partial charge in [0.2, 0.25) is 0 Å². The Kier molecular flexibility index (Phi) is 8.51. The van der Waals surface area contributed by atoms with Gasteiger partial charge in [-0.05, 0) is 62.7 Å². The van der Waals surface area contributed by atoms with Crippen molar-refractivity contribution in [2.45, 2.75) is 50.0 Å². The summed E-state index contributed by atoms with van der Waals surface area (Å²) in [6.07, 6.45) is -4.11. The lowest BCUT2D eigenvalue weighted by atomic mass is 10.1. The number of ether oxygens (including phenoxy) is 1. The van der Waals surface area contributed by atoms with Gasteiger partial charge in [0.25, 0.3) is 11.8 Å². The maximum absolute atomic E-state index is 13.8. The standard InChI is InChI=1S/C28H28F3N5O6S/c1-27(2,3)42-26(39)34-21-15-43(40,41)23-11-7-18(24(37)35-32)12-22(23)36(25(21)38)14-16-4-10-20(33-13-16)17-5-8-19(9-6-17)28(29,30)31/h4-13,21H,14-15,32H2,1-3H3,(H,34,39)(H,35,37)/t21-/m0/s1. The maximum atomic E-state index is 13.8. The highest BCUT2D eigenvalue weighted by atomic mass is 32.2. The molecule has 4 N–H and O–H groups in total. The second kappa shape index (κ2) is 11.6. The van der Waals surface area contributed by atoms with Crippen LogP contribution in [0.1, 0.15) is 42.3 Å². The zero-order valence-electron chi connectivity index (χ0n) is 23.2. The summed E-state index contributed by atoms with van der Waals surface area (Å²) in [5.74, 6) is 2.94. The van der Waals surface area contributed by atoms with Crippen LogP contribution in [0.4, 0.5) is 23.7 Å². The number of nitrogens with zero attached hydrogens (tertiary/aromatic N) is 2. The number of hydrogen-bond donors (Lipinski definition) is 3. The minimum absolute atomic E-state index is 0.0245. The number of hydrogen-bond acceptors (Lipinski definition) is 8. The van der Waals surface area contributed by atoms with Crippen LogP contribution >= 0.6 is 0 Å². The summed E-state index contributed by atoms with van der Waals surface area (Å²) in [5.41, 5.74) is 1.26. The molecule has 1 aliphatic heterocycles. The summed E-state index contributed by atoms with van der Waals surface area (Å²) in [4.78, 5) is 43.7. The SMILES string of the molecule is CC(C)(C)OC(=O)N[C@H]1CS(=O)(=O)c2ccc(C(=O)NN)cc2N(Cc2ccc(-c3ccc(C(F)(F)F)cc3)nc2)C1=O. The molecular formula is C28H28F3N5O6S. The van der Waals surface area contributed by atoms with Gasteiger partial charge in [-0.2, -0.15) is 13.2 Å². The average Bonchev–Trinajstić information content (AvgIpc) is 3.00. The van der Waals surface area contributed by atoms with E-state index in [0.29, 0.717) is 16.8 Å². The molecule has 3 amide bonds. The van der Waals surface area contributed by atoms with E-state index in [0.717, 1.165) is 17.0 Å². The number of benzene rings is 2. The zero-order valence-corrected chi connectivity index (χ0v) is 24.0. The molecule has 11 nitrogen and oxygen atoms in total. The number of amides is 3. The number of anilines is 1. The van der Waals surface area contributed by atoms with Crippen molar-refractivity contribution >= 4 is 33.4 Å². The van der Waals surface area contributed by atoms with Gasteiger partial charge < -0.3 is 15.0 Å². The highest BCUT2D eigenvalue weighted by molar-refractivity contribution is 7.91. The molecule has 0 aliphatic carbocycles. The smallest absolute Gasteiger partial charge is 0.416 e. The van der Waals surface area contributed by atoms with E-state index in [-0.39, 0.29) is 22.7 Å². The van der Waals surface area contributed by atoms with Crippen LogP contribution in [0, 0.1) is 0 Å². The van der Waals surface area contributed by atoms with E-state index in [2.05, 4.69) is 10.3 Å². The van der Waals surface area contributed by atoms with Crippen molar-refractivity contribution in [3.05, 3.63) is 77.5 Å². The third-order valence-corrected chi connectivity index (χ3v) is 8.08. The lowest BCUT2D eigenvalue weighted by Crippen LogP contribution is -2.51. The van der Waals surface area contributed by atoms with Crippen molar-refractivity contribution in [2.24, 2.45) is 5.84 Å². The molecule has 0 fully saturated rings. The van der Waals surface area contributed by atoms with Gasteiger partial charge in [-0.1, -0.05) is 18.2 Å². The van der Waals surface area contributed by atoms with Gasteiger partial charge >= 0.3 is 12.3 Å². The first kappa shape index (κ1) is 31.4. The number of sulfone groups is 1. The Morgan fingerprint density at radius 2 is 1.74 bits per heavy atom. The molecule has 43 heavy (non-hydrogen) atoms. The van der Waals surface area contributed by atoms with E-state index in [1.165, 1.54) is 42.6 Å². The largest absolute Gasteiger partial charge is 0.444 e. The van der Waals surface area contributed by atoms with E-state index in [4.69, 9.17) is 10.6 Å². The number of nitrogens with two attached hydrogens (primary N) is 1. The monoisotopic (exact) mass is 619 g/mol. The molecule has 1 aliphatic rings. The summed E-state index contributed by atoms with van der Waals surface area (Å²) in [5, 5.41) is 2.34. The predicted molar refractivity (Wildman–Crippen MR) is 149 cm³/mol. The number of carbonyl (C=O) groups is 3. The summed E-state index contributed by atoms with van der Waals surface area (Å²) >= 11 is 0. The molecule has 0 spiro atoms. The number of aromatic nitrogens is 1. The van der Waals surface area contributed by atoms with E-state index < -0.39 is 56.9 Å². The van der Waals surface area contributed by atoms with Gasteiger partial charge in [0, 0.05) is 17.3 Å². The summed E-state index contributed by atoms with van der Waals surface area (Å²) in [6.45, 7) is 4.57. The number of nitrogen functional groups attached to an aromatic ring is 1. The average molecular weight is 620 g/mol. The number of carbonyl (C=O) groups excluding carboxylic acids is 3. The fourth-order valence-electron chi connectivity index (χ4n) is 4.32. The number of nitrogens with one attached hydrogen (secondary N) is 2. The Hall–Kier alpha value is -4.50. The van der Waals surface area contributed by atoms with Crippen LogP contribution < -0.4 is 21.5 Å². The van der Waals surface area contributed by atoms with Gasteiger partial charge in [-0.25, -0.2) is 19.1 Å². The molecule has 1 atom stereocenters. The second-order valence-electron chi connectivity index (χ2n) is 10.7. The molecule has 4 rings (SSSR count). The fourth-order valence-corrected chi connectivity index (χ4v) is 5.93. The lowest BCUT2D eigenvalue weighted by Gasteiger charge is -2.27. The van der Waals surface area contributed by atoms with Gasteiger partial charge in [0.05, 0.1) is 34.1 Å². The van der Waals surface area contributed by atoms with E-state index in [1.54, 1.807) is 26.8 Å². The number of rotatable bonds is 5. The van der Waals surface area contributed by atoms with Crippen LogP contribution in [0.3, 0.4) is 0 Å². The van der Waals surface area contributed by atoms with Crippen LogP contribution in [0.5, 0.6) is 0 Å². The van der Waals surface area contributed by atoms with Crippen LogP contribution in [-0.2, 0) is 32.1 Å². The molecule has 1 aromatic heterocycles. The number of hydrazine groups is 1. The molecule has 228 valence electrons. The number of alkyl halides is 3. The fraction of sp³-hybridized carbons (Fsp3) is 0.286. The van der Waals surface area contributed by atoms with Crippen molar-refractivity contribution in [2.75, 3.05) is 10.7 Å². The molecule has 2 aromatic carbocycles. The molecule has 0 bridgehead atoms. The number of halogens is 3. The summed E-state index contributed by atoms with van der Waals surface area (Å²) in [7, 11) is -4.17. The van der Waals surface area contributed by atoms with E-state index in [9.17, 15) is 36.0 Å². The van der Waals surface area contributed by atoms with Gasteiger partial charge in [0.15, 0.2) is 9.84 Å². The topological polar surface area (TPSA) is 161 Å². The molecular weight excluding hydrogens is 591 g/mol. The van der Waals surface area contributed by atoms with Crippen molar-refractivity contribution in [1.82, 2.24) is 15.7 Å². The Bertz CT molecular complexity index is 1650. The lowest BCUT2D eigenvalue weighted by molar-refractivity contribution is -0.137. The first-order valence-electron chi connectivity index (χ1n) is 12.8. The minimum atomic E-state index is -4.49. The Morgan fingerprint density at radius 3 is 2.30 bits per heavy atom.